The van der Waals surface area contributed by atoms with Crippen LogP contribution >= 0.6 is 0 Å². The van der Waals surface area contributed by atoms with Crippen molar-refractivity contribution in [2.24, 2.45) is 0 Å². The van der Waals surface area contributed by atoms with Crippen molar-refractivity contribution in [3.63, 3.8) is 0 Å². The second-order valence-electron chi connectivity index (χ2n) is 3.98. The molecule has 0 aliphatic carbocycles. The molecule has 17 heavy (non-hydrogen) atoms. The van der Waals surface area contributed by atoms with Crippen LogP contribution in [-0.2, 0) is 9.47 Å². The first-order chi connectivity index (χ1) is 8.08. The molecule has 6 nitrogen and oxygen atoms in total. The van der Waals surface area contributed by atoms with E-state index in [2.05, 4.69) is 0 Å². The molecule has 6 heteroatoms. The van der Waals surface area contributed by atoms with Crippen LogP contribution < -0.4 is 0 Å². The van der Waals surface area contributed by atoms with Crippen LogP contribution in [0, 0.1) is 0 Å². The SMILES string of the molecule is CC[C@@H](O)CCOC1OC(CO)C(O)=CC1O. The number of aliphatic hydroxyl groups is 4. The number of aliphatic hydroxyl groups excluding tert-OH is 4. The third kappa shape index (κ3) is 4.25. The third-order valence-corrected chi connectivity index (χ3v) is 2.62. The first-order valence-corrected chi connectivity index (χ1v) is 5.73. The van der Waals surface area contributed by atoms with E-state index in [-0.39, 0.29) is 19.0 Å². The Hall–Kier alpha value is -0.660. The highest BCUT2D eigenvalue weighted by atomic mass is 16.7. The van der Waals surface area contributed by atoms with E-state index < -0.39 is 24.6 Å². The topological polar surface area (TPSA) is 99.4 Å². The Bertz CT molecular complexity index is 254. The van der Waals surface area contributed by atoms with E-state index in [4.69, 9.17) is 14.6 Å². The van der Waals surface area contributed by atoms with Gasteiger partial charge in [0.15, 0.2) is 6.29 Å². The smallest absolute Gasteiger partial charge is 0.188 e. The summed E-state index contributed by atoms with van der Waals surface area (Å²) in [5.41, 5.74) is 0. The van der Waals surface area contributed by atoms with Gasteiger partial charge < -0.3 is 29.9 Å². The summed E-state index contributed by atoms with van der Waals surface area (Å²) in [6.45, 7) is 1.72. The molecule has 1 rings (SSSR count). The van der Waals surface area contributed by atoms with Crippen molar-refractivity contribution in [1.82, 2.24) is 0 Å². The third-order valence-electron chi connectivity index (χ3n) is 2.62. The molecule has 100 valence electrons. The molecule has 4 atom stereocenters. The van der Waals surface area contributed by atoms with Crippen LogP contribution in [0.3, 0.4) is 0 Å². The summed E-state index contributed by atoms with van der Waals surface area (Å²) in [5.74, 6) is -0.201. The molecule has 0 aromatic rings. The van der Waals surface area contributed by atoms with E-state index in [0.29, 0.717) is 12.8 Å². The Balaban J connectivity index is 2.39. The highest BCUT2D eigenvalue weighted by Gasteiger charge is 2.31. The van der Waals surface area contributed by atoms with E-state index in [1.807, 2.05) is 6.92 Å². The molecular weight excluding hydrogens is 228 g/mol. The van der Waals surface area contributed by atoms with Crippen LogP contribution in [0.25, 0.3) is 0 Å². The van der Waals surface area contributed by atoms with E-state index in [0.717, 1.165) is 0 Å². The Labute approximate surface area is 100 Å². The summed E-state index contributed by atoms with van der Waals surface area (Å²) in [4.78, 5) is 0. The maximum atomic E-state index is 9.54. The molecule has 0 aromatic heterocycles. The molecule has 3 unspecified atom stereocenters. The monoisotopic (exact) mass is 248 g/mol. The molecule has 0 amide bonds. The summed E-state index contributed by atoms with van der Waals surface area (Å²) in [5, 5.41) is 37.1. The van der Waals surface area contributed by atoms with Crippen molar-refractivity contribution in [2.45, 2.75) is 44.4 Å². The molecule has 0 saturated heterocycles. The maximum Gasteiger partial charge on any atom is 0.188 e. The van der Waals surface area contributed by atoms with Crippen molar-refractivity contribution in [1.29, 1.82) is 0 Å². The summed E-state index contributed by atoms with van der Waals surface area (Å²) < 4.78 is 10.4. The summed E-state index contributed by atoms with van der Waals surface area (Å²) in [6, 6.07) is 0. The average molecular weight is 248 g/mol. The molecule has 1 aliphatic rings. The molecule has 0 fully saturated rings. The second-order valence-corrected chi connectivity index (χ2v) is 3.98. The lowest BCUT2D eigenvalue weighted by Gasteiger charge is -2.30. The van der Waals surface area contributed by atoms with E-state index in [1.54, 1.807) is 0 Å². The normalized spacial score (nSPS) is 31.1. The summed E-state index contributed by atoms with van der Waals surface area (Å²) >= 11 is 0. The quantitative estimate of drug-likeness (QED) is 0.514. The van der Waals surface area contributed by atoms with Gasteiger partial charge in [0.25, 0.3) is 0 Å². The van der Waals surface area contributed by atoms with Gasteiger partial charge in [0.2, 0.25) is 0 Å². The van der Waals surface area contributed by atoms with Gasteiger partial charge >= 0.3 is 0 Å². The fraction of sp³-hybridized carbons (Fsp3) is 0.818. The van der Waals surface area contributed by atoms with Crippen LogP contribution in [0.15, 0.2) is 11.8 Å². The summed E-state index contributed by atoms with van der Waals surface area (Å²) in [6.07, 6.45) is -1.03. The van der Waals surface area contributed by atoms with Crippen LogP contribution in [0.4, 0.5) is 0 Å². The van der Waals surface area contributed by atoms with Crippen LogP contribution in [-0.4, -0.2) is 58.2 Å². The highest BCUT2D eigenvalue weighted by molar-refractivity contribution is 5.06. The minimum Gasteiger partial charge on any atom is -0.510 e. The lowest BCUT2D eigenvalue weighted by atomic mass is 10.1. The lowest BCUT2D eigenvalue weighted by molar-refractivity contribution is -0.220. The summed E-state index contributed by atoms with van der Waals surface area (Å²) in [7, 11) is 0. The van der Waals surface area contributed by atoms with Crippen LogP contribution in [0.2, 0.25) is 0 Å². The van der Waals surface area contributed by atoms with Crippen molar-refractivity contribution in [2.75, 3.05) is 13.2 Å². The first-order valence-electron chi connectivity index (χ1n) is 5.73. The van der Waals surface area contributed by atoms with E-state index in [1.165, 1.54) is 6.08 Å². The Morgan fingerprint density at radius 3 is 2.82 bits per heavy atom. The molecular formula is C11H20O6. The van der Waals surface area contributed by atoms with E-state index >= 15 is 0 Å². The van der Waals surface area contributed by atoms with Gasteiger partial charge in [-0.25, -0.2) is 0 Å². The second kappa shape index (κ2) is 6.93. The standard InChI is InChI=1S/C11H20O6/c1-2-7(13)3-4-16-11-9(15)5-8(14)10(6-12)17-11/h5,7,9-15H,2-4,6H2,1H3/t7-,9?,10?,11?/m1/s1. The van der Waals surface area contributed by atoms with Gasteiger partial charge in [-0.3, -0.25) is 0 Å². The van der Waals surface area contributed by atoms with Crippen molar-refractivity contribution in [3.8, 4) is 0 Å². The fourth-order valence-electron chi connectivity index (χ4n) is 1.47. The number of hydrogen-bond acceptors (Lipinski definition) is 6. The van der Waals surface area contributed by atoms with Crippen molar-refractivity contribution < 1.29 is 29.9 Å². The number of rotatable bonds is 6. The predicted molar refractivity (Wildman–Crippen MR) is 59.3 cm³/mol. The molecule has 4 N–H and O–H groups in total. The number of ether oxygens (including phenoxy) is 2. The van der Waals surface area contributed by atoms with Gasteiger partial charge in [0, 0.05) is 0 Å². The first kappa shape index (κ1) is 14.4. The number of hydrogen-bond donors (Lipinski definition) is 4. The van der Waals surface area contributed by atoms with Gasteiger partial charge in [-0.1, -0.05) is 6.92 Å². The minimum atomic E-state index is -1.07. The molecule has 1 aliphatic heterocycles. The van der Waals surface area contributed by atoms with Crippen LogP contribution in [0.5, 0.6) is 0 Å². The minimum absolute atomic E-state index is 0.201. The zero-order chi connectivity index (χ0) is 12.8. The lowest BCUT2D eigenvalue weighted by Crippen LogP contribution is -2.41. The zero-order valence-electron chi connectivity index (χ0n) is 9.82. The fourth-order valence-corrected chi connectivity index (χ4v) is 1.47. The van der Waals surface area contributed by atoms with Gasteiger partial charge in [-0.05, 0) is 18.9 Å². The molecule has 0 radical (unpaired) electrons. The van der Waals surface area contributed by atoms with Crippen LogP contribution in [0.1, 0.15) is 19.8 Å². The molecule has 0 saturated carbocycles. The van der Waals surface area contributed by atoms with Crippen molar-refractivity contribution in [3.05, 3.63) is 11.8 Å². The highest BCUT2D eigenvalue weighted by Crippen LogP contribution is 2.19. The molecule has 1 heterocycles. The van der Waals surface area contributed by atoms with Gasteiger partial charge in [-0.15, -0.1) is 0 Å². The van der Waals surface area contributed by atoms with E-state index in [9.17, 15) is 15.3 Å². The molecule has 0 aromatic carbocycles. The van der Waals surface area contributed by atoms with Gasteiger partial charge in [0.05, 0.1) is 19.3 Å². The van der Waals surface area contributed by atoms with Gasteiger partial charge in [-0.2, -0.15) is 0 Å². The Kier molecular flexibility index (Phi) is 5.87. The molecule has 0 bridgehead atoms. The maximum absolute atomic E-state index is 9.54. The van der Waals surface area contributed by atoms with Crippen molar-refractivity contribution >= 4 is 0 Å². The average Bonchev–Trinajstić information content (AvgIpc) is 2.31. The molecule has 0 spiro atoms. The zero-order valence-corrected chi connectivity index (χ0v) is 9.82. The Morgan fingerprint density at radius 2 is 2.24 bits per heavy atom. The Morgan fingerprint density at radius 1 is 1.53 bits per heavy atom. The predicted octanol–water partition coefficient (Wildman–Crippen LogP) is -0.316. The largest absolute Gasteiger partial charge is 0.510 e. The van der Waals surface area contributed by atoms with Gasteiger partial charge in [0.1, 0.15) is 18.0 Å².